The molecule has 170 valence electrons. The smallest absolute Gasteiger partial charge is 0.337 e. The Morgan fingerprint density at radius 1 is 1.19 bits per heavy atom. The average Bonchev–Trinajstić information content (AvgIpc) is 3.51. The van der Waals surface area contributed by atoms with Crippen molar-refractivity contribution in [1.82, 2.24) is 5.32 Å². The van der Waals surface area contributed by atoms with Crippen LogP contribution in [0.4, 0.5) is 20.2 Å². The van der Waals surface area contributed by atoms with E-state index in [2.05, 4.69) is 15.5 Å². The lowest BCUT2D eigenvalue weighted by molar-refractivity contribution is -0.124. The maximum atomic E-state index is 13.1. The van der Waals surface area contributed by atoms with E-state index in [1.54, 1.807) is 36.4 Å². The summed E-state index contributed by atoms with van der Waals surface area (Å²) in [5.74, 6) is -1.77. The first-order valence-electron chi connectivity index (χ1n) is 10.5. The number of anilines is 2. The van der Waals surface area contributed by atoms with Crippen LogP contribution in [0.5, 0.6) is 5.75 Å². The lowest BCUT2D eigenvalue weighted by Crippen LogP contribution is -2.52. The minimum Gasteiger partial charge on any atom is -0.480 e. The Labute approximate surface area is 184 Å². The normalized spacial score (nSPS) is 17.8. The largest absolute Gasteiger partial charge is 0.480 e. The van der Waals surface area contributed by atoms with Crippen molar-refractivity contribution < 1.29 is 28.2 Å². The molecule has 32 heavy (non-hydrogen) atoms. The number of alkyl halides is 2. The molecule has 1 aliphatic carbocycles. The Morgan fingerprint density at radius 2 is 1.94 bits per heavy atom. The van der Waals surface area contributed by atoms with Crippen molar-refractivity contribution in [3.05, 3.63) is 54.1 Å². The third-order valence-corrected chi connectivity index (χ3v) is 5.79. The van der Waals surface area contributed by atoms with Gasteiger partial charge in [-0.2, -0.15) is 0 Å². The van der Waals surface area contributed by atoms with Crippen LogP contribution in [0.2, 0.25) is 0 Å². The highest BCUT2D eigenvalue weighted by molar-refractivity contribution is 6.02. The third-order valence-electron chi connectivity index (χ3n) is 5.79. The topological polar surface area (TPSA) is 90.9 Å². The first kappa shape index (κ1) is 22.0. The number of carbonyl (C=O) groups is 2. The number of carboxylic acids is 1. The Hall–Kier alpha value is -3.20. The van der Waals surface area contributed by atoms with Crippen LogP contribution in [-0.2, 0) is 4.79 Å². The van der Waals surface area contributed by atoms with Gasteiger partial charge in [0.2, 0.25) is 6.43 Å². The van der Waals surface area contributed by atoms with E-state index in [0.29, 0.717) is 0 Å². The number of nitrogens with zero attached hydrogens (tertiary/aromatic N) is 1. The van der Waals surface area contributed by atoms with E-state index in [1.807, 2.05) is 0 Å². The van der Waals surface area contributed by atoms with Gasteiger partial charge in [-0.15, -0.1) is 0 Å². The van der Waals surface area contributed by atoms with Gasteiger partial charge in [-0.1, -0.05) is 18.2 Å². The van der Waals surface area contributed by atoms with Gasteiger partial charge in [-0.25, -0.2) is 13.6 Å². The summed E-state index contributed by atoms with van der Waals surface area (Å²) in [6.45, 7) is 2.35. The predicted molar refractivity (Wildman–Crippen MR) is 116 cm³/mol. The summed E-state index contributed by atoms with van der Waals surface area (Å²) in [4.78, 5) is 26.7. The van der Waals surface area contributed by atoms with Crippen molar-refractivity contribution in [2.75, 3.05) is 29.9 Å². The summed E-state index contributed by atoms with van der Waals surface area (Å²) < 4.78 is 31.6. The summed E-state index contributed by atoms with van der Waals surface area (Å²) in [6, 6.07) is 12.9. The van der Waals surface area contributed by atoms with Crippen LogP contribution in [0.25, 0.3) is 0 Å². The number of rotatable bonds is 8. The van der Waals surface area contributed by atoms with E-state index in [-0.39, 0.29) is 22.5 Å². The molecule has 2 aromatic rings. The fourth-order valence-electron chi connectivity index (χ4n) is 3.92. The Kier molecular flexibility index (Phi) is 6.27. The molecular formula is C23H25F2N3O4. The number of piperazine rings is 1. The Balaban J connectivity index is 1.52. The fourth-order valence-corrected chi connectivity index (χ4v) is 3.92. The summed E-state index contributed by atoms with van der Waals surface area (Å²) >= 11 is 0. The Morgan fingerprint density at radius 3 is 2.59 bits per heavy atom. The zero-order chi connectivity index (χ0) is 22.7. The van der Waals surface area contributed by atoms with Gasteiger partial charge in [0, 0.05) is 30.9 Å². The van der Waals surface area contributed by atoms with Crippen LogP contribution < -0.4 is 20.3 Å². The van der Waals surface area contributed by atoms with Crippen LogP contribution in [0.3, 0.4) is 0 Å². The number of amides is 1. The van der Waals surface area contributed by atoms with Crippen molar-refractivity contribution in [1.29, 1.82) is 0 Å². The van der Waals surface area contributed by atoms with E-state index in [9.17, 15) is 23.5 Å². The van der Waals surface area contributed by atoms with Gasteiger partial charge in [0.1, 0.15) is 5.75 Å². The number of carboxylic acid groups (broad SMARTS) is 1. The molecule has 0 aromatic heterocycles. The quantitative estimate of drug-likeness (QED) is 0.577. The van der Waals surface area contributed by atoms with E-state index < -0.39 is 30.8 Å². The van der Waals surface area contributed by atoms with Gasteiger partial charge in [-0.3, -0.25) is 4.79 Å². The molecule has 1 spiro atoms. The molecule has 3 N–H and O–H groups in total. The zero-order valence-corrected chi connectivity index (χ0v) is 17.4. The molecule has 2 aromatic carbocycles. The molecular weight excluding hydrogens is 420 g/mol. The molecule has 1 saturated carbocycles. The number of ether oxygens (including phenoxy) is 1. The van der Waals surface area contributed by atoms with Crippen molar-refractivity contribution in [3.8, 4) is 5.75 Å². The lowest BCUT2D eigenvalue weighted by Gasteiger charge is -2.36. The molecule has 4 rings (SSSR count). The summed E-state index contributed by atoms with van der Waals surface area (Å²) in [5.41, 5.74) is 0.803. The van der Waals surface area contributed by atoms with Crippen LogP contribution in [-0.4, -0.2) is 54.7 Å². The monoisotopic (exact) mass is 445 g/mol. The summed E-state index contributed by atoms with van der Waals surface area (Å²) in [6.07, 6.45) is -2.86. The van der Waals surface area contributed by atoms with Crippen molar-refractivity contribution >= 4 is 23.3 Å². The second-order valence-corrected chi connectivity index (χ2v) is 8.20. The minimum absolute atomic E-state index is 0.0402. The number of hydrogen-bond acceptors (Lipinski definition) is 5. The van der Waals surface area contributed by atoms with E-state index >= 15 is 0 Å². The van der Waals surface area contributed by atoms with Gasteiger partial charge >= 0.3 is 5.97 Å². The molecule has 0 bridgehead atoms. The molecule has 1 heterocycles. The Bertz CT molecular complexity index is 982. The molecule has 2 fully saturated rings. The van der Waals surface area contributed by atoms with Crippen molar-refractivity contribution in [3.63, 3.8) is 0 Å². The predicted octanol–water partition coefficient (Wildman–Crippen LogP) is 3.37. The lowest BCUT2D eigenvalue weighted by atomic mass is 10.1. The number of benzene rings is 2. The summed E-state index contributed by atoms with van der Waals surface area (Å²) in [5, 5.41) is 15.7. The molecule has 7 nitrogen and oxygen atoms in total. The van der Waals surface area contributed by atoms with Crippen molar-refractivity contribution in [2.45, 2.75) is 37.3 Å². The van der Waals surface area contributed by atoms with Gasteiger partial charge in [0.05, 0.1) is 17.7 Å². The first-order valence-corrected chi connectivity index (χ1v) is 10.5. The number of hydrogen-bond donors (Lipinski definition) is 3. The maximum absolute atomic E-state index is 13.1. The molecule has 0 radical (unpaired) electrons. The second kappa shape index (κ2) is 9.12. The standard InChI is InChI=1S/C23H25F2N3O4/c24-20(25)13-19(32-16-4-2-1-3-5-16)21(29)27-18-7-6-15(12-17(18)22(30)31)28-11-10-26-23(14-28)8-9-23/h1-7,12,19-20,26H,8-11,13-14H2,(H,27,29)(H,30,31). The van der Waals surface area contributed by atoms with Gasteiger partial charge in [-0.05, 0) is 43.2 Å². The molecule has 1 saturated heterocycles. The molecule has 1 atom stereocenters. The van der Waals surface area contributed by atoms with Crippen LogP contribution >= 0.6 is 0 Å². The minimum atomic E-state index is -2.77. The fraction of sp³-hybridized carbons (Fsp3) is 0.391. The highest BCUT2D eigenvalue weighted by atomic mass is 19.3. The van der Waals surface area contributed by atoms with E-state index in [1.165, 1.54) is 12.1 Å². The van der Waals surface area contributed by atoms with Crippen LogP contribution in [0.1, 0.15) is 29.6 Å². The van der Waals surface area contributed by atoms with Crippen molar-refractivity contribution in [2.24, 2.45) is 0 Å². The van der Waals surface area contributed by atoms with Crippen LogP contribution in [0.15, 0.2) is 48.5 Å². The zero-order valence-electron chi connectivity index (χ0n) is 17.4. The summed E-state index contributed by atoms with van der Waals surface area (Å²) in [7, 11) is 0. The molecule has 1 unspecified atom stereocenters. The average molecular weight is 445 g/mol. The van der Waals surface area contributed by atoms with Gasteiger partial charge in [0.15, 0.2) is 6.10 Å². The number of carbonyl (C=O) groups excluding carboxylic acids is 1. The van der Waals surface area contributed by atoms with E-state index in [4.69, 9.17) is 4.74 Å². The molecule has 1 amide bonds. The number of halogens is 2. The van der Waals surface area contributed by atoms with Crippen LogP contribution in [0, 0.1) is 0 Å². The van der Waals surface area contributed by atoms with Gasteiger partial charge < -0.3 is 25.4 Å². The highest BCUT2D eigenvalue weighted by Gasteiger charge is 2.45. The van der Waals surface area contributed by atoms with Gasteiger partial charge in [0.25, 0.3) is 5.91 Å². The molecule has 1 aliphatic heterocycles. The van der Waals surface area contributed by atoms with E-state index in [0.717, 1.165) is 38.2 Å². The number of nitrogens with one attached hydrogen (secondary N) is 2. The highest BCUT2D eigenvalue weighted by Crippen LogP contribution is 2.39. The molecule has 9 heteroatoms. The SMILES string of the molecule is O=C(O)c1cc(N2CCNC3(CC3)C2)ccc1NC(=O)C(CC(F)F)Oc1ccccc1. The molecule has 2 aliphatic rings. The first-order chi connectivity index (χ1) is 15.3. The third kappa shape index (κ3) is 5.16. The second-order valence-electron chi connectivity index (χ2n) is 8.20. The number of para-hydroxylation sites is 1. The number of aromatic carboxylic acids is 1. The maximum Gasteiger partial charge on any atom is 0.337 e.